The van der Waals surface area contributed by atoms with Gasteiger partial charge in [0.1, 0.15) is 0 Å². The van der Waals surface area contributed by atoms with Crippen LogP contribution in [0.5, 0.6) is 0 Å². The van der Waals surface area contributed by atoms with Gasteiger partial charge in [-0.2, -0.15) is 0 Å². The third-order valence-corrected chi connectivity index (χ3v) is 2.79. The molecular weight excluding hydrogens is 274 g/mol. The first-order valence-corrected chi connectivity index (χ1v) is 6.57. The molecule has 1 aromatic rings. The normalized spacial score (nSPS) is 9.76. The highest BCUT2D eigenvalue weighted by atomic mass is 16.4. The van der Waals surface area contributed by atoms with Crippen molar-refractivity contribution in [3.63, 3.8) is 0 Å². The van der Waals surface area contributed by atoms with Crippen LogP contribution in [0.15, 0.2) is 24.3 Å². The van der Waals surface area contributed by atoms with E-state index in [4.69, 9.17) is 5.11 Å². The number of hydrogen-bond acceptors (Lipinski definition) is 3. The lowest BCUT2D eigenvalue weighted by molar-refractivity contribution is -0.120. The van der Waals surface area contributed by atoms with E-state index in [1.165, 1.54) is 13.1 Å². The molecule has 114 valence electrons. The fraction of sp³-hybridized carbons (Fsp3) is 0.357. The fourth-order valence-corrected chi connectivity index (χ4v) is 1.66. The van der Waals surface area contributed by atoms with Crippen molar-refractivity contribution in [3.8, 4) is 0 Å². The second-order valence-electron chi connectivity index (χ2n) is 4.36. The summed E-state index contributed by atoms with van der Waals surface area (Å²) in [6, 6.07) is 6.21. The quantitative estimate of drug-likeness (QED) is 0.582. The van der Waals surface area contributed by atoms with Gasteiger partial charge in [-0.1, -0.05) is 12.1 Å². The Morgan fingerprint density at radius 1 is 1.14 bits per heavy atom. The van der Waals surface area contributed by atoms with E-state index in [-0.39, 0.29) is 30.5 Å². The van der Waals surface area contributed by atoms with Gasteiger partial charge in [-0.3, -0.25) is 4.79 Å². The van der Waals surface area contributed by atoms with Gasteiger partial charge >= 0.3 is 12.0 Å². The smallest absolute Gasteiger partial charge is 0.335 e. The lowest BCUT2D eigenvalue weighted by Gasteiger charge is -2.07. The summed E-state index contributed by atoms with van der Waals surface area (Å²) in [7, 11) is 1.54. The first kappa shape index (κ1) is 16.5. The molecule has 0 saturated heterocycles. The highest BCUT2D eigenvalue weighted by molar-refractivity contribution is 5.87. The molecule has 0 unspecified atom stereocenters. The van der Waals surface area contributed by atoms with E-state index >= 15 is 0 Å². The highest BCUT2D eigenvalue weighted by Crippen LogP contribution is 2.05. The first-order valence-electron chi connectivity index (χ1n) is 6.57. The molecule has 21 heavy (non-hydrogen) atoms. The molecule has 7 nitrogen and oxygen atoms in total. The second-order valence-corrected chi connectivity index (χ2v) is 4.36. The Kier molecular flexibility index (Phi) is 6.73. The summed E-state index contributed by atoms with van der Waals surface area (Å²) in [5, 5.41) is 16.5. The van der Waals surface area contributed by atoms with Crippen LogP contribution >= 0.6 is 0 Å². The molecule has 0 heterocycles. The van der Waals surface area contributed by atoms with Crippen molar-refractivity contribution >= 4 is 17.9 Å². The number of nitrogens with one attached hydrogen (secondary N) is 3. The molecule has 0 radical (unpaired) electrons. The molecule has 0 spiro atoms. The molecule has 0 saturated carbocycles. The van der Waals surface area contributed by atoms with E-state index < -0.39 is 5.97 Å². The van der Waals surface area contributed by atoms with Crippen molar-refractivity contribution in [2.24, 2.45) is 0 Å². The molecule has 0 aliphatic heterocycles. The molecule has 7 heteroatoms. The monoisotopic (exact) mass is 293 g/mol. The van der Waals surface area contributed by atoms with Gasteiger partial charge in [-0.05, 0) is 24.1 Å². The average Bonchev–Trinajstić information content (AvgIpc) is 2.47. The Hall–Kier alpha value is -2.57. The maximum absolute atomic E-state index is 11.4. The number of carboxylic acids is 1. The van der Waals surface area contributed by atoms with E-state index in [0.717, 1.165) is 5.56 Å². The molecule has 4 N–H and O–H groups in total. The predicted octanol–water partition coefficient (Wildman–Crippen LogP) is 0.363. The van der Waals surface area contributed by atoms with E-state index in [0.29, 0.717) is 13.0 Å². The fourth-order valence-electron chi connectivity index (χ4n) is 1.66. The Morgan fingerprint density at radius 3 is 2.52 bits per heavy atom. The van der Waals surface area contributed by atoms with Gasteiger partial charge in [-0.25, -0.2) is 9.59 Å². The molecule has 0 aliphatic carbocycles. The summed E-state index contributed by atoms with van der Waals surface area (Å²) in [5.74, 6) is -1.11. The van der Waals surface area contributed by atoms with Gasteiger partial charge < -0.3 is 21.1 Å². The largest absolute Gasteiger partial charge is 0.478 e. The summed E-state index contributed by atoms with van der Waals surface area (Å²) in [6.07, 6.45) is 0.758. The van der Waals surface area contributed by atoms with Gasteiger partial charge in [-0.15, -0.1) is 0 Å². The standard InChI is InChI=1S/C14H19N3O4/c1-15-12(18)6-8-17-14(21)16-7-5-10-3-2-4-11(9-10)13(19)20/h2-4,9H,5-8H2,1H3,(H,15,18)(H,19,20)(H2,16,17,21). The zero-order chi connectivity index (χ0) is 15.7. The molecule has 0 aromatic heterocycles. The van der Waals surface area contributed by atoms with Gasteiger partial charge in [0.25, 0.3) is 0 Å². The number of hydrogen-bond donors (Lipinski definition) is 4. The van der Waals surface area contributed by atoms with Crippen molar-refractivity contribution in [1.82, 2.24) is 16.0 Å². The van der Waals surface area contributed by atoms with Crippen molar-refractivity contribution in [2.45, 2.75) is 12.8 Å². The number of benzene rings is 1. The minimum absolute atomic E-state index is 0.138. The summed E-state index contributed by atoms with van der Waals surface area (Å²) in [5.41, 5.74) is 1.06. The highest BCUT2D eigenvalue weighted by Gasteiger charge is 2.04. The first-order chi connectivity index (χ1) is 10.0. The third kappa shape index (κ3) is 6.42. The Balaban J connectivity index is 2.27. The van der Waals surface area contributed by atoms with Crippen LogP contribution in [0.2, 0.25) is 0 Å². The van der Waals surface area contributed by atoms with Crippen LogP contribution < -0.4 is 16.0 Å². The zero-order valence-corrected chi connectivity index (χ0v) is 11.8. The van der Waals surface area contributed by atoms with Crippen molar-refractivity contribution in [2.75, 3.05) is 20.1 Å². The van der Waals surface area contributed by atoms with Gasteiger partial charge in [0, 0.05) is 26.6 Å². The molecule has 0 fully saturated rings. The van der Waals surface area contributed by atoms with Crippen LogP contribution in [0.4, 0.5) is 4.79 Å². The predicted molar refractivity (Wildman–Crippen MR) is 77.2 cm³/mol. The van der Waals surface area contributed by atoms with E-state index in [2.05, 4.69) is 16.0 Å². The number of rotatable bonds is 7. The van der Waals surface area contributed by atoms with Crippen molar-refractivity contribution < 1.29 is 19.5 Å². The minimum Gasteiger partial charge on any atom is -0.478 e. The lowest BCUT2D eigenvalue weighted by Crippen LogP contribution is -2.38. The van der Waals surface area contributed by atoms with Crippen LogP contribution in [0, 0.1) is 0 Å². The van der Waals surface area contributed by atoms with E-state index in [9.17, 15) is 14.4 Å². The zero-order valence-electron chi connectivity index (χ0n) is 11.8. The molecule has 0 atom stereocenters. The van der Waals surface area contributed by atoms with Crippen LogP contribution in [0.1, 0.15) is 22.3 Å². The molecule has 0 aliphatic rings. The minimum atomic E-state index is -0.975. The molecular formula is C14H19N3O4. The van der Waals surface area contributed by atoms with Crippen molar-refractivity contribution in [3.05, 3.63) is 35.4 Å². The third-order valence-electron chi connectivity index (χ3n) is 2.79. The van der Waals surface area contributed by atoms with Gasteiger partial charge in [0.05, 0.1) is 5.56 Å². The Morgan fingerprint density at radius 2 is 1.86 bits per heavy atom. The summed E-state index contributed by atoms with van der Waals surface area (Å²) < 4.78 is 0. The Labute approximate surface area is 122 Å². The number of amides is 3. The Bertz CT molecular complexity index is 517. The average molecular weight is 293 g/mol. The number of aromatic carboxylic acids is 1. The number of carbonyl (C=O) groups excluding carboxylic acids is 2. The summed E-state index contributed by atoms with van der Waals surface area (Å²) >= 11 is 0. The van der Waals surface area contributed by atoms with Crippen LogP contribution in [0.3, 0.4) is 0 Å². The van der Waals surface area contributed by atoms with Gasteiger partial charge in [0.15, 0.2) is 0 Å². The summed E-state index contributed by atoms with van der Waals surface area (Å²) in [6.45, 7) is 0.648. The van der Waals surface area contributed by atoms with Crippen LogP contribution in [0.25, 0.3) is 0 Å². The SMILES string of the molecule is CNC(=O)CCNC(=O)NCCc1cccc(C(=O)O)c1. The number of urea groups is 1. The van der Waals surface area contributed by atoms with Gasteiger partial charge in [0.2, 0.25) is 5.91 Å². The number of carbonyl (C=O) groups is 3. The van der Waals surface area contributed by atoms with Crippen LogP contribution in [-0.4, -0.2) is 43.2 Å². The lowest BCUT2D eigenvalue weighted by atomic mass is 10.1. The van der Waals surface area contributed by atoms with E-state index in [1.54, 1.807) is 18.2 Å². The van der Waals surface area contributed by atoms with Crippen molar-refractivity contribution in [1.29, 1.82) is 0 Å². The topological polar surface area (TPSA) is 108 Å². The van der Waals surface area contributed by atoms with E-state index in [1.807, 2.05) is 0 Å². The second kappa shape index (κ2) is 8.57. The molecule has 0 bridgehead atoms. The number of carboxylic acid groups (broad SMARTS) is 1. The maximum Gasteiger partial charge on any atom is 0.335 e. The maximum atomic E-state index is 11.4. The molecule has 3 amide bonds. The molecule has 1 aromatic carbocycles. The van der Waals surface area contributed by atoms with Crippen LogP contribution in [-0.2, 0) is 11.2 Å². The molecule has 1 rings (SSSR count). The summed E-state index contributed by atoms with van der Waals surface area (Å²) in [4.78, 5) is 33.2.